The van der Waals surface area contributed by atoms with E-state index in [1.807, 2.05) is 43.3 Å². The number of halogens is 1. The Kier molecular flexibility index (Phi) is 7.84. The molecule has 6 heteroatoms. The molecule has 0 aliphatic carbocycles. The molecule has 0 fully saturated rings. The highest BCUT2D eigenvalue weighted by Crippen LogP contribution is 2.39. The average Bonchev–Trinajstić information content (AvgIpc) is 3.05. The van der Waals surface area contributed by atoms with Crippen LogP contribution >= 0.6 is 0 Å². The fourth-order valence-corrected chi connectivity index (χ4v) is 4.21. The van der Waals surface area contributed by atoms with Gasteiger partial charge in [-0.1, -0.05) is 56.3 Å². The maximum absolute atomic E-state index is 13.6. The van der Waals surface area contributed by atoms with Crippen molar-refractivity contribution in [3.8, 4) is 16.8 Å². The standard InChI is InChI=1S/C27H30FNO4/c1-17(2)27-24(14-13-22(30)15-23(31)16-25(32)33)26(19-9-11-20(28)12-10-19)18(3)29(27)21-7-5-4-6-8-21/h4-14,17,22-23,30-31H,15-16H2,1-3H3,(H,32,33)/b14-13+/t22-,23-/m1/s1. The van der Waals surface area contributed by atoms with Gasteiger partial charge in [0, 0.05) is 34.6 Å². The van der Waals surface area contributed by atoms with Crippen molar-refractivity contribution < 1.29 is 24.5 Å². The number of aliphatic hydroxyl groups excluding tert-OH is 2. The minimum Gasteiger partial charge on any atom is -0.481 e. The smallest absolute Gasteiger partial charge is 0.305 e. The number of carboxylic acids is 1. The van der Waals surface area contributed by atoms with Gasteiger partial charge in [0.15, 0.2) is 0 Å². The van der Waals surface area contributed by atoms with Crippen LogP contribution in [0.4, 0.5) is 4.39 Å². The van der Waals surface area contributed by atoms with Gasteiger partial charge in [0.05, 0.1) is 18.6 Å². The first-order valence-corrected chi connectivity index (χ1v) is 11.0. The van der Waals surface area contributed by atoms with Gasteiger partial charge in [-0.2, -0.15) is 0 Å². The van der Waals surface area contributed by atoms with E-state index >= 15 is 0 Å². The topological polar surface area (TPSA) is 82.7 Å². The highest BCUT2D eigenvalue weighted by Gasteiger charge is 2.23. The Balaban J connectivity index is 2.14. The summed E-state index contributed by atoms with van der Waals surface area (Å²) in [5.41, 5.74) is 5.69. The molecule has 0 amide bonds. The number of benzene rings is 2. The lowest BCUT2D eigenvalue weighted by molar-refractivity contribution is -0.139. The number of para-hydroxylation sites is 1. The van der Waals surface area contributed by atoms with Crippen LogP contribution in [0.15, 0.2) is 60.7 Å². The lowest BCUT2D eigenvalue weighted by Gasteiger charge is -2.15. The lowest BCUT2D eigenvalue weighted by Crippen LogP contribution is -2.19. The molecule has 2 aromatic carbocycles. The summed E-state index contributed by atoms with van der Waals surface area (Å²) in [4.78, 5) is 10.8. The van der Waals surface area contributed by atoms with E-state index in [0.717, 1.165) is 33.8 Å². The van der Waals surface area contributed by atoms with Crippen molar-refractivity contribution in [3.63, 3.8) is 0 Å². The van der Waals surface area contributed by atoms with E-state index in [-0.39, 0.29) is 18.2 Å². The monoisotopic (exact) mass is 451 g/mol. The van der Waals surface area contributed by atoms with Crippen LogP contribution in [0, 0.1) is 12.7 Å². The number of carboxylic acid groups (broad SMARTS) is 1. The van der Waals surface area contributed by atoms with Crippen LogP contribution < -0.4 is 0 Å². The van der Waals surface area contributed by atoms with Crippen LogP contribution in [0.5, 0.6) is 0 Å². The minimum atomic E-state index is -1.14. The van der Waals surface area contributed by atoms with Crippen molar-refractivity contribution in [1.82, 2.24) is 4.57 Å². The molecule has 1 heterocycles. The van der Waals surface area contributed by atoms with Gasteiger partial charge >= 0.3 is 5.97 Å². The maximum atomic E-state index is 13.6. The first-order chi connectivity index (χ1) is 15.7. The van der Waals surface area contributed by atoms with Gasteiger partial charge in [-0.25, -0.2) is 4.39 Å². The van der Waals surface area contributed by atoms with E-state index in [2.05, 4.69) is 18.4 Å². The quantitative estimate of drug-likeness (QED) is 0.411. The molecule has 2 atom stereocenters. The lowest BCUT2D eigenvalue weighted by atomic mass is 9.96. The molecule has 0 bridgehead atoms. The SMILES string of the molecule is Cc1c(-c2ccc(F)cc2)c(/C=C/[C@@H](O)C[C@@H](O)CC(=O)O)c(C(C)C)n1-c1ccccc1. The Hall–Kier alpha value is -3.22. The van der Waals surface area contributed by atoms with E-state index in [4.69, 9.17) is 5.11 Å². The summed E-state index contributed by atoms with van der Waals surface area (Å²) in [5, 5.41) is 29.1. The van der Waals surface area contributed by atoms with Crippen molar-refractivity contribution in [3.05, 3.63) is 83.4 Å². The summed E-state index contributed by atoms with van der Waals surface area (Å²) in [5.74, 6) is -1.30. The third-order valence-electron chi connectivity index (χ3n) is 5.59. The highest BCUT2D eigenvalue weighted by molar-refractivity contribution is 5.81. The first kappa shape index (κ1) is 24.4. The molecule has 0 spiro atoms. The zero-order chi connectivity index (χ0) is 24.1. The van der Waals surface area contributed by atoms with E-state index in [1.165, 1.54) is 12.1 Å². The van der Waals surface area contributed by atoms with E-state index in [1.54, 1.807) is 18.2 Å². The third kappa shape index (κ3) is 5.78. The minimum absolute atomic E-state index is 0.0793. The largest absolute Gasteiger partial charge is 0.481 e. The number of rotatable bonds is 9. The number of hydrogen-bond acceptors (Lipinski definition) is 3. The Morgan fingerprint density at radius 2 is 1.70 bits per heavy atom. The van der Waals surface area contributed by atoms with Crippen LogP contribution in [-0.4, -0.2) is 38.1 Å². The van der Waals surface area contributed by atoms with Crippen molar-refractivity contribution in [2.24, 2.45) is 0 Å². The number of aromatic nitrogens is 1. The van der Waals surface area contributed by atoms with Crippen LogP contribution in [0.1, 0.15) is 49.6 Å². The highest BCUT2D eigenvalue weighted by atomic mass is 19.1. The Bertz CT molecular complexity index is 1120. The third-order valence-corrected chi connectivity index (χ3v) is 5.59. The molecule has 3 rings (SSSR count). The van der Waals surface area contributed by atoms with E-state index in [0.29, 0.717) is 0 Å². The number of aliphatic carboxylic acids is 1. The molecule has 0 aliphatic rings. The second-order valence-corrected chi connectivity index (χ2v) is 8.51. The second kappa shape index (κ2) is 10.6. The Labute approximate surface area is 193 Å². The number of nitrogens with zero attached hydrogens (tertiary/aromatic N) is 1. The zero-order valence-electron chi connectivity index (χ0n) is 19.1. The summed E-state index contributed by atoms with van der Waals surface area (Å²) >= 11 is 0. The van der Waals surface area contributed by atoms with Gasteiger partial charge in [-0.05, 0) is 42.7 Å². The van der Waals surface area contributed by atoms with Crippen molar-refractivity contribution >= 4 is 12.0 Å². The van der Waals surface area contributed by atoms with Gasteiger partial charge in [-0.15, -0.1) is 0 Å². The number of aliphatic hydroxyl groups is 2. The molecule has 1 aromatic heterocycles. The van der Waals surface area contributed by atoms with E-state index < -0.39 is 24.6 Å². The van der Waals surface area contributed by atoms with Crippen LogP contribution in [-0.2, 0) is 4.79 Å². The maximum Gasteiger partial charge on any atom is 0.305 e. The summed E-state index contributed by atoms with van der Waals surface area (Å²) in [6.45, 7) is 6.20. The molecule has 0 saturated heterocycles. The fourth-order valence-electron chi connectivity index (χ4n) is 4.21. The summed E-state index contributed by atoms with van der Waals surface area (Å²) in [6.07, 6.45) is 0.739. The predicted octanol–water partition coefficient (Wildman–Crippen LogP) is 5.32. The average molecular weight is 452 g/mol. The van der Waals surface area contributed by atoms with Crippen molar-refractivity contribution in [1.29, 1.82) is 0 Å². The molecular weight excluding hydrogens is 421 g/mol. The van der Waals surface area contributed by atoms with Crippen LogP contribution in [0.3, 0.4) is 0 Å². The molecular formula is C27H30FNO4. The van der Waals surface area contributed by atoms with Gasteiger partial charge < -0.3 is 19.9 Å². The first-order valence-electron chi connectivity index (χ1n) is 11.0. The van der Waals surface area contributed by atoms with Crippen LogP contribution in [0.2, 0.25) is 0 Å². The predicted molar refractivity (Wildman–Crippen MR) is 128 cm³/mol. The van der Waals surface area contributed by atoms with Crippen LogP contribution in [0.25, 0.3) is 22.9 Å². The molecule has 3 N–H and O–H groups in total. The van der Waals surface area contributed by atoms with E-state index in [9.17, 15) is 19.4 Å². The molecule has 0 unspecified atom stereocenters. The second-order valence-electron chi connectivity index (χ2n) is 8.51. The summed E-state index contributed by atoms with van der Waals surface area (Å²) in [7, 11) is 0. The normalized spacial score (nSPS) is 13.5. The fraction of sp³-hybridized carbons (Fsp3) is 0.296. The molecule has 3 aromatic rings. The molecule has 0 radical (unpaired) electrons. The van der Waals surface area contributed by atoms with Gasteiger partial charge in [0.1, 0.15) is 5.82 Å². The number of carbonyl (C=O) groups is 1. The summed E-state index contributed by atoms with van der Waals surface area (Å²) < 4.78 is 15.8. The Morgan fingerprint density at radius 3 is 2.27 bits per heavy atom. The zero-order valence-corrected chi connectivity index (χ0v) is 19.1. The molecule has 33 heavy (non-hydrogen) atoms. The van der Waals surface area contributed by atoms with Crippen molar-refractivity contribution in [2.45, 2.75) is 51.7 Å². The molecule has 0 saturated carbocycles. The molecule has 5 nitrogen and oxygen atoms in total. The van der Waals surface area contributed by atoms with Gasteiger partial charge in [0.2, 0.25) is 0 Å². The van der Waals surface area contributed by atoms with Gasteiger partial charge in [0.25, 0.3) is 0 Å². The molecule has 174 valence electrons. The Morgan fingerprint density at radius 1 is 1.06 bits per heavy atom. The van der Waals surface area contributed by atoms with Gasteiger partial charge in [-0.3, -0.25) is 4.79 Å². The van der Waals surface area contributed by atoms with Crippen molar-refractivity contribution in [2.75, 3.05) is 0 Å². The molecule has 0 aliphatic heterocycles. The summed E-state index contributed by atoms with van der Waals surface area (Å²) in [6, 6.07) is 16.3. The number of hydrogen-bond donors (Lipinski definition) is 3.